The van der Waals surface area contributed by atoms with Gasteiger partial charge in [-0.15, -0.1) is 24.0 Å². The Morgan fingerprint density at radius 3 is 2.87 bits per heavy atom. The zero-order valence-electron chi connectivity index (χ0n) is 14.6. The Balaban J connectivity index is 0.00000264. The van der Waals surface area contributed by atoms with E-state index in [2.05, 4.69) is 32.5 Å². The summed E-state index contributed by atoms with van der Waals surface area (Å²) in [4.78, 5) is 6.88. The normalized spacial score (nSPS) is 19.3. The lowest BCUT2D eigenvalue weighted by molar-refractivity contribution is 0.159. The van der Waals surface area contributed by atoms with Crippen molar-refractivity contribution in [2.45, 2.75) is 45.2 Å². The molecule has 1 aliphatic rings. The fraction of sp³-hybridized carbons (Fsp3) is 0.750. The number of likely N-dealkylation sites (tertiary alicyclic amines) is 1. The molecule has 0 saturated carbocycles. The minimum absolute atomic E-state index is 0. The molecule has 0 amide bonds. The molecule has 2 N–H and O–H groups in total. The van der Waals surface area contributed by atoms with Crippen molar-refractivity contribution in [2.24, 2.45) is 12.0 Å². The summed E-state index contributed by atoms with van der Waals surface area (Å²) in [7, 11) is 3.76. The molecule has 1 atom stereocenters. The first-order valence-corrected chi connectivity index (χ1v) is 8.36. The molecule has 1 unspecified atom stereocenters. The van der Waals surface area contributed by atoms with Gasteiger partial charge in [0.2, 0.25) is 0 Å². The van der Waals surface area contributed by atoms with Crippen LogP contribution < -0.4 is 10.6 Å². The fourth-order valence-corrected chi connectivity index (χ4v) is 2.95. The minimum atomic E-state index is 0. The van der Waals surface area contributed by atoms with Crippen LogP contribution in [0, 0.1) is 0 Å². The second kappa shape index (κ2) is 10.9. The van der Waals surface area contributed by atoms with Gasteiger partial charge in [-0.25, -0.2) is 0 Å². The maximum Gasteiger partial charge on any atom is 0.191 e. The van der Waals surface area contributed by atoms with Crippen molar-refractivity contribution in [1.82, 2.24) is 25.3 Å². The summed E-state index contributed by atoms with van der Waals surface area (Å²) in [6.45, 7) is 6.47. The summed E-state index contributed by atoms with van der Waals surface area (Å²) in [5, 5.41) is 10.9. The molecule has 0 spiro atoms. The number of aryl methyl sites for hydroxylation is 1. The first kappa shape index (κ1) is 20.2. The van der Waals surface area contributed by atoms with Crippen molar-refractivity contribution in [1.29, 1.82) is 0 Å². The number of piperidine rings is 1. The van der Waals surface area contributed by atoms with Crippen molar-refractivity contribution in [2.75, 3.05) is 26.7 Å². The molecule has 1 aliphatic heterocycles. The Morgan fingerprint density at radius 1 is 1.39 bits per heavy atom. The van der Waals surface area contributed by atoms with Crippen molar-refractivity contribution in [3.8, 4) is 0 Å². The molecule has 0 radical (unpaired) electrons. The maximum absolute atomic E-state index is 4.27. The second-order valence-corrected chi connectivity index (χ2v) is 6.03. The average molecular weight is 434 g/mol. The largest absolute Gasteiger partial charge is 0.356 e. The van der Waals surface area contributed by atoms with Gasteiger partial charge in [-0.2, -0.15) is 5.10 Å². The topological polar surface area (TPSA) is 57.5 Å². The van der Waals surface area contributed by atoms with Gasteiger partial charge in [0, 0.05) is 39.4 Å². The first-order chi connectivity index (χ1) is 10.7. The molecule has 1 saturated heterocycles. The summed E-state index contributed by atoms with van der Waals surface area (Å²) in [5.41, 5.74) is 1.14. The zero-order chi connectivity index (χ0) is 15.8. The third-order valence-electron chi connectivity index (χ3n) is 4.44. The first-order valence-electron chi connectivity index (χ1n) is 8.36. The molecule has 23 heavy (non-hydrogen) atoms. The number of nitrogens with zero attached hydrogens (tertiary/aromatic N) is 4. The summed E-state index contributed by atoms with van der Waals surface area (Å²) in [5.74, 6) is 0.855. The molecule has 2 rings (SSSR count). The van der Waals surface area contributed by atoms with E-state index in [4.69, 9.17) is 0 Å². The van der Waals surface area contributed by atoms with Gasteiger partial charge < -0.3 is 15.5 Å². The minimum Gasteiger partial charge on any atom is -0.356 e. The van der Waals surface area contributed by atoms with E-state index in [0.29, 0.717) is 0 Å². The van der Waals surface area contributed by atoms with Gasteiger partial charge in [0.1, 0.15) is 0 Å². The Kier molecular flexibility index (Phi) is 9.54. The third kappa shape index (κ3) is 6.66. The van der Waals surface area contributed by atoms with Crippen LogP contribution in [0.3, 0.4) is 0 Å². The number of aromatic nitrogens is 2. The molecule has 7 heteroatoms. The quantitative estimate of drug-likeness (QED) is 0.311. The molecule has 6 nitrogen and oxygen atoms in total. The molecule has 0 aliphatic carbocycles. The van der Waals surface area contributed by atoms with Crippen LogP contribution in [-0.4, -0.2) is 53.4 Å². The predicted octanol–water partition coefficient (Wildman–Crippen LogP) is 1.97. The van der Waals surface area contributed by atoms with Crippen LogP contribution in [0.25, 0.3) is 0 Å². The molecule has 0 aromatic carbocycles. The van der Waals surface area contributed by atoms with Gasteiger partial charge >= 0.3 is 0 Å². The molecular formula is C16H31IN6. The Bertz CT molecular complexity index is 473. The highest BCUT2D eigenvalue weighted by molar-refractivity contribution is 14.0. The monoisotopic (exact) mass is 434 g/mol. The molecule has 1 aromatic heterocycles. The number of halogens is 1. The lowest BCUT2D eigenvalue weighted by atomic mass is 10.0. The zero-order valence-corrected chi connectivity index (χ0v) is 16.9. The molecule has 2 heterocycles. The number of hydrogen-bond acceptors (Lipinski definition) is 3. The van der Waals surface area contributed by atoms with E-state index >= 15 is 0 Å². The van der Waals surface area contributed by atoms with Crippen LogP contribution in [0.2, 0.25) is 0 Å². The summed E-state index contributed by atoms with van der Waals surface area (Å²) in [6.07, 6.45) is 7.05. The van der Waals surface area contributed by atoms with Crippen LogP contribution in [0.1, 0.15) is 38.3 Å². The number of hydrogen-bond donors (Lipinski definition) is 2. The summed E-state index contributed by atoms with van der Waals surface area (Å²) >= 11 is 0. The summed E-state index contributed by atoms with van der Waals surface area (Å²) < 4.78 is 1.87. The van der Waals surface area contributed by atoms with Gasteiger partial charge in [0.25, 0.3) is 0 Å². The fourth-order valence-electron chi connectivity index (χ4n) is 2.95. The van der Waals surface area contributed by atoms with Gasteiger partial charge in [-0.1, -0.05) is 6.42 Å². The highest BCUT2D eigenvalue weighted by Crippen LogP contribution is 2.15. The Morgan fingerprint density at radius 2 is 2.22 bits per heavy atom. The molecule has 1 fully saturated rings. The van der Waals surface area contributed by atoms with Crippen LogP contribution in [0.5, 0.6) is 0 Å². The van der Waals surface area contributed by atoms with Crippen molar-refractivity contribution >= 4 is 29.9 Å². The van der Waals surface area contributed by atoms with Crippen LogP contribution in [-0.2, 0) is 13.6 Å². The Labute approximate surface area is 157 Å². The van der Waals surface area contributed by atoms with E-state index in [-0.39, 0.29) is 24.0 Å². The molecular weight excluding hydrogens is 403 g/mol. The van der Waals surface area contributed by atoms with Gasteiger partial charge in [0.15, 0.2) is 5.96 Å². The molecule has 1 aromatic rings. The Hall–Kier alpha value is -0.830. The molecule has 0 bridgehead atoms. The van der Waals surface area contributed by atoms with E-state index in [1.165, 1.54) is 32.4 Å². The van der Waals surface area contributed by atoms with E-state index in [1.54, 1.807) is 0 Å². The highest BCUT2D eigenvalue weighted by atomic mass is 127. The van der Waals surface area contributed by atoms with Crippen molar-refractivity contribution in [3.05, 3.63) is 18.0 Å². The third-order valence-corrected chi connectivity index (χ3v) is 4.44. The van der Waals surface area contributed by atoms with Crippen LogP contribution in [0.15, 0.2) is 17.3 Å². The lowest BCUT2D eigenvalue weighted by Gasteiger charge is -2.33. The highest BCUT2D eigenvalue weighted by Gasteiger charge is 2.17. The SMILES string of the molecule is CN=C(NCCCN1CCCCC1C)NCc1ccnn1C.I. The van der Waals surface area contributed by atoms with Gasteiger partial charge in [-0.3, -0.25) is 9.67 Å². The molecule has 132 valence electrons. The van der Waals surface area contributed by atoms with E-state index in [1.807, 2.05) is 31.0 Å². The maximum atomic E-state index is 4.27. The number of nitrogens with one attached hydrogen (secondary N) is 2. The number of guanidine groups is 1. The van der Waals surface area contributed by atoms with Crippen LogP contribution >= 0.6 is 24.0 Å². The van der Waals surface area contributed by atoms with E-state index in [9.17, 15) is 0 Å². The lowest BCUT2D eigenvalue weighted by Crippen LogP contribution is -2.41. The van der Waals surface area contributed by atoms with Crippen molar-refractivity contribution < 1.29 is 0 Å². The number of aliphatic imine (C=N–C) groups is 1. The van der Waals surface area contributed by atoms with E-state index < -0.39 is 0 Å². The van der Waals surface area contributed by atoms with Crippen LogP contribution in [0.4, 0.5) is 0 Å². The number of rotatable bonds is 6. The smallest absolute Gasteiger partial charge is 0.191 e. The van der Waals surface area contributed by atoms with E-state index in [0.717, 1.165) is 37.2 Å². The van der Waals surface area contributed by atoms with Gasteiger partial charge in [0.05, 0.1) is 12.2 Å². The average Bonchev–Trinajstić information content (AvgIpc) is 2.93. The van der Waals surface area contributed by atoms with Gasteiger partial charge in [-0.05, 0) is 38.8 Å². The van der Waals surface area contributed by atoms with Crippen molar-refractivity contribution in [3.63, 3.8) is 0 Å². The summed E-state index contributed by atoms with van der Waals surface area (Å²) in [6, 6.07) is 2.76. The standard InChI is InChI=1S/C16H30N6.HI/c1-14-7-4-5-11-22(14)12-6-9-18-16(17-2)19-13-15-8-10-20-21(15)3;/h8,10,14H,4-7,9,11-13H2,1-3H3,(H2,17,18,19);1H. The predicted molar refractivity (Wildman–Crippen MR) is 106 cm³/mol. The second-order valence-electron chi connectivity index (χ2n) is 6.03.